The number of nitrogens with zero attached hydrogens (tertiary/aromatic N) is 3. The fourth-order valence-electron chi connectivity index (χ4n) is 1.72. The molecular formula is C14H18N4OS2. The molecule has 112 valence electrons. The van der Waals surface area contributed by atoms with Gasteiger partial charge in [-0.15, -0.1) is 10.2 Å². The summed E-state index contributed by atoms with van der Waals surface area (Å²) in [7, 11) is 3.51. The summed E-state index contributed by atoms with van der Waals surface area (Å²) in [4.78, 5) is 13.4. The number of hydrogen-bond donors (Lipinski definition) is 1. The van der Waals surface area contributed by atoms with E-state index in [0.29, 0.717) is 0 Å². The number of aryl methyl sites for hydroxylation is 1. The number of benzene rings is 1. The average molecular weight is 322 g/mol. The highest BCUT2D eigenvalue weighted by Crippen LogP contribution is 2.30. The Bertz CT molecular complexity index is 627. The van der Waals surface area contributed by atoms with E-state index in [4.69, 9.17) is 0 Å². The quantitative estimate of drug-likeness (QED) is 0.857. The van der Waals surface area contributed by atoms with Crippen molar-refractivity contribution in [1.82, 2.24) is 15.1 Å². The molecule has 1 heterocycles. The monoisotopic (exact) mass is 322 g/mol. The molecule has 2 aromatic rings. The maximum Gasteiger partial charge on any atom is 0.235 e. The van der Waals surface area contributed by atoms with E-state index in [2.05, 4.69) is 15.5 Å². The normalized spacial score (nSPS) is 12.0. The van der Waals surface area contributed by atoms with Gasteiger partial charge in [0.05, 0.1) is 5.25 Å². The molecule has 1 aromatic heterocycles. The van der Waals surface area contributed by atoms with Gasteiger partial charge in [-0.1, -0.05) is 35.2 Å². The standard InChI is InChI=1S/C14H18N4OS2/c1-9-6-5-7-11(8-9)15-13-16-17-14(21-13)20-10(2)12(19)18(3)4/h5-8,10H,1-4H3,(H,15,16). The molecule has 21 heavy (non-hydrogen) atoms. The Morgan fingerprint density at radius 1 is 1.38 bits per heavy atom. The molecule has 2 rings (SSSR count). The van der Waals surface area contributed by atoms with Crippen LogP contribution in [0.1, 0.15) is 12.5 Å². The van der Waals surface area contributed by atoms with Crippen molar-refractivity contribution >= 4 is 39.8 Å². The molecule has 1 atom stereocenters. The molecule has 7 heteroatoms. The number of nitrogens with one attached hydrogen (secondary N) is 1. The summed E-state index contributed by atoms with van der Waals surface area (Å²) in [6.07, 6.45) is 0. The van der Waals surface area contributed by atoms with Gasteiger partial charge in [-0.05, 0) is 31.5 Å². The fourth-order valence-corrected chi connectivity index (χ4v) is 3.78. The SMILES string of the molecule is Cc1cccc(Nc2nnc(SC(C)C(=O)N(C)C)s2)c1. The van der Waals surface area contributed by atoms with Gasteiger partial charge in [-0.25, -0.2) is 0 Å². The summed E-state index contributed by atoms with van der Waals surface area (Å²) in [5.41, 5.74) is 2.17. The minimum absolute atomic E-state index is 0.0726. The van der Waals surface area contributed by atoms with Gasteiger partial charge < -0.3 is 10.2 Å². The summed E-state index contributed by atoms with van der Waals surface area (Å²) in [6, 6.07) is 8.07. The van der Waals surface area contributed by atoms with Crippen LogP contribution < -0.4 is 5.32 Å². The Hall–Kier alpha value is -1.60. The third-order valence-electron chi connectivity index (χ3n) is 2.74. The molecule has 0 aliphatic carbocycles. The lowest BCUT2D eigenvalue weighted by atomic mass is 10.2. The van der Waals surface area contributed by atoms with Gasteiger partial charge in [0.1, 0.15) is 0 Å². The Morgan fingerprint density at radius 2 is 2.14 bits per heavy atom. The van der Waals surface area contributed by atoms with Crippen LogP contribution in [0.2, 0.25) is 0 Å². The third-order valence-corrected chi connectivity index (χ3v) is 4.75. The van der Waals surface area contributed by atoms with Gasteiger partial charge in [0, 0.05) is 19.8 Å². The van der Waals surface area contributed by atoms with Crippen molar-refractivity contribution in [3.05, 3.63) is 29.8 Å². The Morgan fingerprint density at radius 3 is 2.81 bits per heavy atom. The first kappa shape index (κ1) is 15.8. The predicted octanol–water partition coefficient (Wildman–Crippen LogP) is 3.16. The van der Waals surface area contributed by atoms with E-state index >= 15 is 0 Å². The first-order valence-electron chi connectivity index (χ1n) is 6.50. The molecular weight excluding hydrogens is 304 g/mol. The van der Waals surface area contributed by atoms with Crippen molar-refractivity contribution < 1.29 is 4.79 Å². The van der Waals surface area contributed by atoms with E-state index in [9.17, 15) is 4.79 Å². The number of thioether (sulfide) groups is 1. The maximum atomic E-state index is 11.8. The van der Waals surface area contributed by atoms with Crippen molar-refractivity contribution in [1.29, 1.82) is 0 Å². The lowest BCUT2D eigenvalue weighted by molar-refractivity contribution is -0.127. The third kappa shape index (κ3) is 4.44. The summed E-state index contributed by atoms with van der Waals surface area (Å²) in [5, 5.41) is 12.0. The molecule has 1 amide bonds. The summed E-state index contributed by atoms with van der Waals surface area (Å²) in [6.45, 7) is 3.92. The van der Waals surface area contributed by atoms with E-state index < -0.39 is 0 Å². The Labute approximate surface area is 132 Å². The first-order chi connectivity index (χ1) is 9.95. The van der Waals surface area contributed by atoms with E-state index in [1.807, 2.05) is 38.1 Å². The van der Waals surface area contributed by atoms with E-state index in [-0.39, 0.29) is 11.2 Å². The predicted molar refractivity (Wildman–Crippen MR) is 88.4 cm³/mol. The van der Waals surface area contributed by atoms with E-state index in [0.717, 1.165) is 15.2 Å². The van der Waals surface area contributed by atoms with Gasteiger partial charge in [-0.3, -0.25) is 4.79 Å². The minimum Gasteiger partial charge on any atom is -0.348 e. The highest BCUT2D eigenvalue weighted by molar-refractivity contribution is 8.02. The first-order valence-corrected chi connectivity index (χ1v) is 8.20. The van der Waals surface area contributed by atoms with Gasteiger partial charge in [-0.2, -0.15) is 0 Å². The van der Waals surface area contributed by atoms with Crippen LogP contribution in [0.15, 0.2) is 28.6 Å². The van der Waals surface area contributed by atoms with Crippen molar-refractivity contribution in [2.24, 2.45) is 0 Å². The number of carbonyl (C=O) groups is 1. The van der Waals surface area contributed by atoms with Crippen LogP contribution in [0, 0.1) is 6.92 Å². The molecule has 0 aliphatic heterocycles. The number of carbonyl (C=O) groups excluding carboxylic acids is 1. The van der Waals surface area contributed by atoms with E-state index in [1.165, 1.54) is 28.7 Å². The zero-order chi connectivity index (χ0) is 15.4. The lowest BCUT2D eigenvalue weighted by Crippen LogP contribution is -2.29. The summed E-state index contributed by atoms with van der Waals surface area (Å²) in [5.74, 6) is 0.0726. The maximum absolute atomic E-state index is 11.8. The number of anilines is 2. The smallest absolute Gasteiger partial charge is 0.235 e. The van der Waals surface area contributed by atoms with Crippen LogP contribution in [-0.2, 0) is 4.79 Å². The zero-order valence-corrected chi connectivity index (χ0v) is 14.1. The summed E-state index contributed by atoms with van der Waals surface area (Å²) < 4.78 is 0.785. The second-order valence-electron chi connectivity index (χ2n) is 4.86. The van der Waals surface area contributed by atoms with Crippen LogP contribution >= 0.6 is 23.1 Å². The molecule has 1 N–H and O–H groups in total. The molecule has 1 aromatic carbocycles. The van der Waals surface area contributed by atoms with Gasteiger partial charge in [0.25, 0.3) is 0 Å². The Kier molecular flexibility index (Phi) is 5.19. The topological polar surface area (TPSA) is 58.1 Å². The van der Waals surface area contributed by atoms with Crippen molar-refractivity contribution in [3.8, 4) is 0 Å². The number of amides is 1. The number of rotatable bonds is 5. The minimum atomic E-state index is -0.167. The van der Waals surface area contributed by atoms with Crippen LogP contribution in [0.25, 0.3) is 0 Å². The van der Waals surface area contributed by atoms with E-state index in [1.54, 1.807) is 19.0 Å². The average Bonchev–Trinajstić information content (AvgIpc) is 2.84. The molecule has 5 nitrogen and oxygen atoms in total. The second kappa shape index (κ2) is 6.91. The largest absolute Gasteiger partial charge is 0.348 e. The molecule has 0 fully saturated rings. The Balaban J connectivity index is 2.00. The number of aromatic nitrogens is 2. The fraction of sp³-hybridized carbons (Fsp3) is 0.357. The lowest BCUT2D eigenvalue weighted by Gasteiger charge is -2.14. The molecule has 0 saturated carbocycles. The van der Waals surface area contributed by atoms with Crippen LogP contribution in [0.3, 0.4) is 0 Å². The highest BCUT2D eigenvalue weighted by Gasteiger charge is 2.18. The molecule has 0 radical (unpaired) electrons. The molecule has 1 unspecified atom stereocenters. The van der Waals surface area contributed by atoms with Crippen molar-refractivity contribution in [2.75, 3.05) is 19.4 Å². The van der Waals surface area contributed by atoms with Crippen molar-refractivity contribution in [2.45, 2.75) is 23.4 Å². The molecule has 0 saturated heterocycles. The highest BCUT2D eigenvalue weighted by atomic mass is 32.2. The summed E-state index contributed by atoms with van der Waals surface area (Å²) >= 11 is 2.88. The van der Waals surface area contributed by atoms with Crippen molar-refractivity contribution in [3.63, 3.8) is 0 Å². The van der Waals surface area contributed by atoms with Crippen LogP contribution in [-0.4, -0.2) is 40.3 Å². The number of hydrogen-bond acceptors (Lipinski definition) is 6. The van der Waals surface area contributed by atoms with Crippen LogP contribution in [0.4, 0.5) is 10.8 Å². The van der Waals surface area contributed by atoms with Gasteiger partial charge >= 0.3 is 0 Å². The molecule has 0 spiro atoms. The van der Waals surface area contributed by atoms with Crippen LogP contribution in [0.5, 0.6) is 0 Å². The second-order valence-corrected chi connectivity index (χ2v) is 7.43. The van der Waals surface area contributed by atoms with Gasteiger partial charge in [0.15, 0.2) is 4.34 Å². The van der Waals surface area contributed by atoms with Gasteiger partial charge in [0.2, 0.25) is 11.0 Å². The zero-order valence-electron chi connectivity index (χ0n) is 12.5. The molecule has 0 aliphatic rings. The molecule has 0 bridgehead atoms.